The van der Waals surface area contributed by atoms with Gasteiger partial charge in [-0.1, -0.05) is 12.1 Å². The van der Waals surface area contributed by atoms with Crippen LogP contribution in [0.2, 0.25) is 0 Å². The lowest BCUT2D eigenvalue weighted by molar-refractivity contribution is -0.123. The predicted molar refractivity (Wildman–Crippen MR) is 117 cm³/mol. The molecule has 2 aromatic rings. The zero-order valence-electron chi connectivity index (χ0n) is 17.5. The van der Waals surface area contributed by atoms with Gasteiger partial charge in [0.05, 0.1) is 12.1 Å². The van der Waals surface area contributed by atoms with Crippen molar-refractivity contribution in [1.29, 1.82) is 0 Å². The van der Waals surface area contributed by atoms with E-state index in [0.29, 0.717) is 36.8 Å². The van der Waals surface area contributed by atoms with Crippen molar-refractivity contribution in [1.82, 2.24) is 5.32 Å². The number of carbonyl (C=O) groups excluding carboxylic acids is 3. The summed E-state index contributed by atoms with van der Waals surface area (Å²) in [4.78, 5) is 48.4. The summed E-state index contributed by atoms with van der Waals surface area (Å²) in [7, 11) is 0. The lowest BCUT2D eigenvalue weighted by atomic mass is 9.97. The number of nitrogen functional groups attached to an aromatic ring is 1. The fraction of sp³-hybridized carbons (Fsp3) is 0.429. The number of benzene rings is 1. The molecule has 2 atom stereocenters. The summed E-state index contributed by atoms with van der Waals surface area (Å²) in [5.41, 5.74) is 22.6. The average molecular weight is 431 g/mol. The minimum atomic E-state index is -0.974. The van der Waals surface area contributed by atoms with Gasteiger partial charge in [-0.25, -0.2) is 4.79 Å². The van der Waals surface area contributed by atoms with Gasteiger partial charge in [-0.05, 0) is 50.8 Å². The third-order valence-corrected chi connectivity index (χ3v) is 5.12. The predicted octanol–water partition coefficient (Wildman–Crippen LogP) is 0.0729. The van der Waals surface area contributed by atoms with E-state index >= 15 is 0 Å². The Morgan fingerprint density at radius 1 is 1.16 bits per heavy atom. The van der Waals surface area contributed by atoms with Gasteiger partial charge in [-0.15, -0.1) is 0 Å². The highest BCUT2D eigenvalue weighted by Crippen LogP contribution is 2.23. The highest BCUT2D eigenvalue weighted by atomic mass is 16.4. The molecule has 9 N–H and O–H groups in total. The van der Waals surface area contributed by atoms with E-state index < -0.39 is 29.5 Å². The Morgan fingerprint density at radius 2 is 1.87 bits per heavy atom. The summed E-state index contributed by atoms with van der Waals surface area (Å²) < 4.78 is 5.22. The van der Waals surface area contributed by atoms with Crippen LogP contribution < -0.4 is 33.9 Å². The summed E-state index contributed by atoms with van der Waals surface area (Å²) >= 11 is 0. The van der Waals surface area contributed by atoms with Crippen molar-refractivity contribution in [3.63, 3.8) is 0 Å². The van der Waals surface area contributed by atoms with Crippen LogP contribution in [-0.4, -0.2) is 36.2 Å². The maximum absolute atomic E-state index is 13.1. The molecule has 31 heavy (non-hydrogen) atoms. The van der Waals surface area contributed by atoms with Gasteiger partial charge in [-0.2, -0.15) is 0 Å². The highest BCUT2D eigenvalue weighted by molar-refractivity contribution is 6.04. The first-order valence-electron chi connectivity index (χ1n) is 10.1. The Balaban J connectivity index is 2.27. The fourth-order valence-electron chi connectivity index (χ4n) is 3.19. The van der Waals surface area contributed by atoms with E-state index in [1.54, 1.807) is 19.1 Å². The summed E-state index contributed by atoms with van der Waals surface area (Å²) in [5, 5.41) is 3.28. The molecule has 0 saturated heterocycles. The zero-order chi connectivity index (χ0) is 23.1. The van der Waals surface area contributed by atoms with Crippen molar-refractivity contribution in [3.05, 3.63) is 39.7 Å². The molecule has 0 radical (unpaired) electrons. The van der Waals surface area contributed by atoms with Crippen molar-refractivity contribution in [2.24, 2.45) is 17.2 Å². The van der Waals surface area contributed by atoms with Crippen LogP contribution in [0.3, 0.4) is 0 Å². The van der Waals surface area contributed by atoms with E-state index in [2.05, 4.69) is 5.32 Å². The molecule has 0 aliphatic rings. The first-order chi connectivity index (χ1) is 14.6. The quantitative estimate of drug-likeness (QED) is 0.187. The number of Topliss-reactive ketones (excluding diaryl/α,β-unsaturated/α-hetero) is 1. The largest absolute Gasteiger partial charge is 0.421 e. The number of carbonyl (C=O) groups is 3. The number of hydrogen-bond acceptors (Lipinski definition) is 8. The van der Waals surface area contributed by atoms with Crippen molar-refractivity contribution in [2.45, 2.75) is 51.1 Å². The van der Waals surface area contributed by atoms with E-state index in [9.17, 15) is 19.2 Å². The Hall–Kier alpha value is -3.24. The van der Waals surface area contributed by atoms with Crippen LogP contribution in [0.25, 0.3) is 11.0 Å². The van der Waals surface area contributed by atoms with E-state index in [0.717, 1.165) is 0 Å². The van der Waals surface area contributed by atoms with Crippen molar-refractivity contribution >= 4 is 34.3 Å². The number of unbranched alkanes of at least 4 members (excludes halogenated alkanes) is 1. The molecule has 0 fully saturated rings. The van der Waals surface area contributed by atoms with Gasteiger partial charge in [0.2, 0.25) is 11.8 Å². The molecule has 1 aromatic carbocycles. The molecule has 1 heterocycles. The van der Waals surface area contributed by atoms with Crippen LogP contribution in [0.15, 0.2) is 27.4 Å². The molecule has 0 bridgehead atoms. The van der Waals surface area contributed by atoms with Gasteiger partial charge in [0.25, 0.3) is 0 Å². The molecule has 10 nitrogen and oxygen atoms in total. The van der Waals surface area contributed by atoms with Gasteiger partial charge in [0, 0.05) is 17.4 Å². The summed E-state index contributed by atoms with van der Waals surface area (Å²) in [5.74, 6) is -1.47. The van der Waals surface area contributed by atoms with Crippen LogP contribution in [-0.2, 0) is 9.59 Å². The molecule has 0 unspecified atom stereocenters. The van der Waals surface area contributed by atoms with Crippen LogP contribution in [0.1, 0.15) is 48.0 Å². The molecule has 10 heteroatoms. The molecule has 168 valence electrons. The standard InChI is InChI=1S/C21H29N5O5/c1-11-13-6-5-12(10-16(13)31-21(30)18(11)25)19(28)15(4-2-3-9-22)26-20(29)14(23)7-8-17(24)27/h5-6,10,14-15H,2-4,7-9,22-23,25H2,1H3,(H2,24,27)(H,26,29)/t14-,15-/m0/s1. The molecule has 1 aromatic heterocycles. The summed E-state index contributed by atoms with van der Waals surface area (Å²) in [6, 6.07) is 2.87. The molecule has 0 saturated carbocycles. The van der Waals surface area contributed by atoms with Gasteiger partial charge < -0.3 is 32.7 Å². The lowest BCUT2D eigenvalue weighted by Gasteiger charge is -2.20. The molecule has 0 aliphatic heterocycles. The SMILES string of the molecule is Cc1c(N)c(=O)oc2cc(C(=O)[C@H](CCCCN)NC(=O)[C@@H](N)CCC(N)=O)ccc12. The van der Waals surface area contributed by atoms with Gasteiger partial charge >= 0.3 is 5.63 Å². The molecular weight excluding hydrogens is 402 g/mol. The molecule has 2 rings (SSSR count). The number of nitrogens with one attached hydrogen (secondary N) is 1. The summed E-state index contributed by atoms with van der Waals surface area (Å²) in [6.45, 7) is 2.15. The second-order valence-corrected chi connectivity index (χ2v) is 7.46. The zero-order valence-corrected chi connectivity index (χ0v) is 17.5. The molecule has 0 spiro atoms. The van der Waals surface area contributed by atoms with Crippen molar-refractivity contribution in [2.75, 3.05) is 12.3 Å². The van der Waals surface area contributed by atoms with Crippen LogP contribution in [0, 0.1) is 6.92 Å². The van der Waals surface area contributed by atoms with Gasteiger partial charge in [0.15, 0.2) is 5.78 Å². The second-order valence-electron chi connectivity index (χ2n) is 7.46. The second kappa shape index (κ2) is 10.7. The summed E-state index contributed by atoms with van der Waals surface area (Å²) in [6.07, 6.45) is 1.69. The Bertz CT molecular complexity index is 1030. The minimum Gasteiger partial charge on any atom is -0.421 e. The van der Waals surface area contributed by atoms with Crippen molar-refractivity contribution in [3.8, 4) is 0 Å². The Labute approximate surface area is 179 Å². The number of aryl methyl sites for hydroxylation is 1. The third-order valence-electron chi connectivity index (χ3n) is 5.12. The Kier molecular flexibility index (Phi) is 8.29. The Morgan fingerprint density at radius 3 is 2.52 bits per heavy atom. The first-order valence-corrected chi connectivity index (χ1v) is 10.1. The number of amides is 2. The molecule has 0 aliphatic carbocycles. The first kappa shape index (κ1) is 24.0. The van der Waals surface area contributed by atoms with E-state index in [-0.39, 0.29) is 35.5 Å². The normalized spacial score (nSPS) is 13.0. The topological polar surface area (TPSA) is 198 Å². The van der Waals surface area contributed by atoms with E-state index in [1.807, 2.05) is 0 Å². The maximum Gasteiger partial charge on any atom is 0.359 e. The molecular formula is C21H29N5O5. The number of rotatable bonds is 11. The van der Waals surface area contributed by atoms with Crippen LogP contribution in [0.4, 0.5) is 5.69 Å². The molecule has 2 amide bonds. The van der Waals surface area contributed by atoms with E-state index in [1.165, 1.54) is 6.07 Å². The number of ketones is 1. The monoisotopic (exact) mass is 431 g/mol. The number of anilines is 1. The van der Waals surface area contributed by atoms with Crippen LogP contribution in [0.5, 0.6) is 0 Å². The maximum atomic E-state index is 13.1. The van der Waals surface area contributed by atoms with Crippen molar-refractivity contribution < 1.29 is 18.8 Å². The number of fused-ring (bicyclic) bond motifs is 1. The smallest absolute Gasteiger partial charge is 0.359 e. The fourth-order valence-corrected chi connectivity index (χ4v) is 3.19. The highest BCUT2D eigenvalue weighted by Gasteiger charge is 2.25. The van der Waals surface area contributed by atoms with Crippen LogP contribution >= 0.6 is 0 Å². The number of hydrogen-bond donors (Lipinski definition) is 5. The minimum absolute atomic E-state index is 0.0171. The van der Waals surface area contributed by atoms with Gasteiger partial charge in [0.1, 0.15) is 11.3 Å². The average Bonchev–Trinajstić information content (AvgIpc) is 2.74. The van der Waals surface area contributed by atoms with Gasteiger partial charge in [-0.3, -0.25) is 14.4 Å². The third kappa shape index (κ3) is 6.12. The van der Waals surface area contributed by atoms with E-state index in [4.69, 9.17) is 27.4 Å². The number of primary amides is 1. The number of nitrogens with two attached hydrogens (primary N) is 4. The lowest BCUT2D eigenvalue weighted by Crippen LogP contribution is -2.48.